The molecule has 234 valence electrons. The molecule has 0 unspecified atom stereocenters. The van der Waals surface area contributed by atoms with E-state index in [2.05, 4.69) is 5.32 Å². The fourth-order valence-corrected chi connectivity index (χ4v) is 7.04. The third-order valence-electron chi connectivity index (χ3n) is 7.80. The minimum Gasteiger partial charge on any atom is -0.495 e. The number of hydrogen-bond acceptors (Lipinski definition) is 5. The molecule has 2 amide bonds. The van der Waals surface area contributed by atoms with Gasteiger partial charge in [-0.2, -0.15) is 0 Å². The van der Waals surface area contributed by atoms with Crippen molar-refractivity contribution in [2.24, 2.45) is 0 Å². The molecule has 5 rings (SSSR count). The first-order valence-corrected chi connectivity index (χ1v) is 16.4. The normalized spacial score (nSPS) is 13.1. The maximum absolute atomic E-state index is 13.9. The van der Waals surface area contributed by atoms with E-state index in [0.717, 1.165) is 49.2 Å². The number of benzene rings is 4. The number of amides is 2. The Morgan fingerprint density at radius 2 is 1.51 bits per heavy atom. The summed E-state index contributed by atoms with van der Waals surface area (Å²) in [6.45, 7) is 1.66. The Morgan fingerprint density at radius 3 is 2.24 bits per heavy atom. The molecular formula is C35H34F2N2O5S. The van der Waals surface area contributed by atoms with E-state index in [4.69, 9.17) is 4.74 Å². The average Bonchev–Trinajstić information content (AvgIpc) is 3.58. The van der Waals surface area contributed by atoms with E-state index in [1.807, 2.05) is 17.0 Å². The van der Waals surface area contributed by atoms with Gasteiger partial charge in [0.2, 0.25) is 0 Å². The summed E-state index contributed by atoms with van der Waals surface area (Å²) < 4.78 is 60.5. The van der Waals surface area contributed by atoms with Crippen LogP contribution in [0.1, 0.15) is 51.1 Å². The zero-order valence-corrected chi connectivity index (χ0v) is 25.7. The van der Waals surface area contributed by atoms with Gasteiger partial charge in [-0.3, -0.25) is 9.59 Å². The Hall–Kier alpha value is -4.57. The van der Waals surface area contributed by atoms with Gasteiger partial charge in [0.15, 0.2) is 9.84 Å². The number of hydrogen-bond donors (Lipinski definition) is 1. The fraction of sp³-hybridized carbons (Fsp3) is 0.257. The number of likely N-dealkylation sites (tertiary alicyclic amines) is 1. The van der Waals surface area contributed by atoms with E-state index >= 15 is 0 Å². The van der Waals surface area contributed by atoms with Crippen LogP contribution < -0.4 is 10.1 Å². The van der Waals surface area contributed by atoms with Crippen molar-refractivity contribution in [3.63, 3.8) is 0 Å². The second-order valence-corrected chi connectivity index (χ2v) is 12.9. The quantitative estimate of drug-likeness (QED) is 0.199. The number of halogens is 2. The number of nitrogens with one attached hydrogen (secondary N) is 1. The Bertz CT molecular complexity index is 1800. The monoisotopic (exact) mass is 632 g/mol. The third-order valence-corrected chi connectivity index (χ3v) is 9.50. The highest BCUT2D eigenvalue weighted by molar-refractivity contribution is 7.90. The lowest BCUT2D eigenvalue weighted by Gasteiger charge is -2.16. The van der Waals surface area contributed by atoms with Crippen LogP contribution in [-0.4, -0.2) is 51.9 Å². The lowest BCUT2D eigenvalue weighted by atomic mass is 10.0. The zero-order chi connectivity index (χ0) is 32.0. The lowest BCUT2D eigenvalue weighted by Crippen LogP contribution is -2.27. The Kier molecular flexibility index (Phi) is 9.93. The van der Waals surface area contributed by atoms with Gasteiger partial charge in [-0.05, 0) is 84.3 Å². The average molecular weight is 633 g/mol. The minimum atomic E-state index is -3.85. The molecule has 1 aliphatic heterocycles. The SMILES string of the molecule is COc1ccc(-c2cccc(C(=O)N3CCCC3)c2)cc1S(=O)(=O)Cc1cccc(CCCNC(=O)c2c(F)cccc2F)c1. The standard InChI is InChI=1S/C35H34F2N2O5S/c1-44-31-16-15-27(26-11-5-12-28(21-26)35(41)39-18-2-3-19-39)22-32(31)45(42,43)23-25-9-4-8-24(20-25)10-7-17-38-34(40)33-29(36)13-6-14-30(33)37/h4-6,8-9,11-16,20-22H,2-3,7,10,17-19,23H2,1H3,(H,38,40). The molecule has 1 N–H and O–H groups in total. The zero-order valence-electron chi connectivity index (χ0n) is 24.9. The van der Waals surface area contributed by atoms with Gasteiger partial charge in [0.25, 0.3) is 11.8 Å². The molecule has 1 saturated heterocycles. The van der Waals surface area contributed by atoms with Gasteiger partial charge in [-0.25, -0.2) is 17.2 Å². The number of ether oxygens (including phenoxy) is 1. The summed E-state index contributed by atoms with van der Waals surface area (Å²) >= 11 is 0. The molecule has 45 heavy (non-hydrogen) atoms. The molecule has 1 aliphatic rings. The molecule has 7 nitrogen and oxygen atoms in total. The number of rotatable bonds is 11. The first-order chi connectivity index (χ1) is 21.7. The maximum Gasteiger partial charge on any atom is 0.257 e. The Labute approximate surface area is 261 Å². The second-order valence-electron chi connectivity index (χ2n) is 11.0. The molecule has 4 aromatic rings. The van der Waals surface area contributed by atoms with Crippen LogP contribution in [0.4, 0.5) is 8.78 Å². The first-order valence-electron chi connectivity index (χ1n) is 14.8. The third kappa shape index (κ3) is 7.57. The van der Waals surface area contributed by atoms with Crippen LogP contribution in [-0.2, 0) is 22.0 Å². The molecule has 10 heteroatoms. The highest BCUT2D eigenvalue weighted by Gasteiger charge is 2.23. The molecule has 1 heterocycles. The van der Waals surface area contributed by atoms with E-state index in [1.165, 1.54) is 13.2 Å². The fourth-order valence-electron chi connectivity index (χ4n) is 5.50. The first kappa shape index (κ1) is 31.8. The molecule has 4 aromatic carbocycles. The topological polar surface area (TPSA) is 92.8 Å². The van der Waals surface area contributed by atoms with Crippen molar-refractivity contribution < 1.29 is 31.5 Å². The van der Waals surface area contributed by atoms with Crippen molar-refractivity contribution in [2.75, 3.05) is 26.7 Å². The van der Waals surface area contributed by atoms with Gasteiger partial charge in [0.05, 0.1) is 12.9 Å². The van der Waals surface area contributed by atoms with Crippen molar-refractivity contribution in [1.82, 2.24) is 10.2 Å². The molecule has 0 spiro atoms. The molecule has 1 fully saturated rings. The molecule has 0 saturated carbocycles. The molecule has 0 radical (unpaired) electrons. The Balaban J connectivity index is 1.27. The minimum absolute atomic E-state index is 0.0306. The summed E-state index contributed by atoms with van der Waals surface area (Å²) in [6, 6.07) is 22.6. The molecule has 0 atom stereocenters. The summed E-state index contributed by atoms with van der Waals surface area (Å²) in [7, 11) is -2.43. The van der Waals surface area contributed by atoms with Gasteiger partial charge >= 0.3 is 0 Å². The van der Waals surface area contributed by atoms with Crippen LogP contribution in [0, 0.1) is 11.6 Å². The summed E-state index contributed by atoms with van der Waals surface area (Å²) in [5.41, 5.74) is 2.75. The van der Waals surface area contributed by atoms with E-state index < -0.39 is 32.9 Å². The highest BCUT2D eigenvalue weighted by Crippen LogP contribution is 2.33. The number of sulfone groups is 1. The summed E-state index contributed by atoms with van der Waals surface area (Å²) in [6.07, 6.45) is 2.98. The highest BCUT2D eigenvalue weighted by atomic mass is 32.2. The second kappa shape index (κ2) is 14.0. The van der Waals surface area contributed by atoms with Crippen LogP contribution in [0.15, 0.2) is 89.8 Å². The smallest absolute Gasteiger partial charge is 0.257 e. The van der Waals surface area contributed by atoms with Crippen molar-refractivity contribution in [2.45, 2.75) is 36.3 Å². The number of aryl methyl sites for hydroxylation is 1. The summed E-state index contributed by atoms with van der Waals surface area (Å²) in [4.78, 5) is 27.1. The number of carbonyl (C=O) groups excluding carboxylic acids is 2. The molecule has 0 aliphatic carbocycles. The predicted octanol–water partition coefficient (Wildman–Crippen LogP) is 6.21. The van der Waals surface area contributed by atoms with E-state index in [9.17, 15) is 26.8 Å². The van der Waals surface area contributed by atoms with Crippen LogP contribution >= 0.6 is 0 Å². The number of nitrogens with zero attached hydrogens (tertiary/aromatic N) is 1. The molecule has 0 aromatic heterocycles. The molecule has 0 bridgehead atoms. The predicted molar refractivity (Wildman–Crippen MR) is 168 cm³/mol. The number of methoxy groups -OCH3 is 1. The van der Waals surface area contributed by atoms with Crippen LogP contribution in [0.25, 0.3) is 11.1 Å². The Morgan fingerprint density at radius 1 is 0.844 bits per heavy atom. The van der Waals surface area contributed by atoms with Crippen molar-refractivity contribution in [3.8, 4) is 16.9 Å². The van der Waals surface area contributed by atoms with Gasteiger partial charge in [0.1, 0.15) is 27.8 Å². The van der Waals surface area contributed by atoms with Crippen LogP contribution in [0.5, 0.6) is 5.75 Å². The van der Waals surface area contributed by atoms with Crippen molar-refractivity contribution >= 4 is 21.7 Å². The van der Waals surface area contributed by atoms with Crippen molar-refractivity contribution in [3.05, 3.63) is 119 Å². The molecular weight excluding hydrogens is 598 g/mol. The van der Waals surface area contributed by atoms with Gasteiger partial charge in [-0.15, -0.1) is 0 Å². The van der Waals surface area contributed by atoms with E-state index in [1.54, 1.807) is 54.6 Å². The maximum atomic E-state index is 13.9. The largest absolute Gasteiger partial charge is 0.495 e. The van der Waals surface area contributed by atoms with Crippen LogP contribution in [0.3, 0.4) is 0 Å². The van der Waals surface area contributed by atoms with Gasteiger partial charge in [0, 0.05) is 25.2 Å². The van der Waals surface area contributed by atoms with Gasteiger partial charge < -0.3 is 15.0 Å². The van der Waals surface area contributed by atoms with Crippen molar-refractivity contribution in [1.29, 1.82) is 0 Å². The van der Waals surface area contributed by atoms with Gasteiger partial charge in [-0.1, -0.05) is 48.5 Å². The summed E-state index contributed by atoms with van der Waals surface area (Å²) in [5.74, 6) is -2.75. The number of carbonyl (C=O) groups is 2. The van der Waals surface area contributed by atoms with E-state index in [-0.39, 0.29) is 28.8 Å². The van der Waals surface area contributed by atoms with Crippen LogP contribution in [0.2, 0.25) is 0 Å². The van der Waals surface area contributed by atoms with E-state index in [0.29, 0.717) is 29.5 Å². The summed E-state index contributed by atoms with van der Waals surface area (Å²) in [5, 5.41) is 2.53. The lowest BCUT2D eigenvalue weighted by molar-refractivity contribution is 0.0792.